The lowest BCUT2D eigenvalue weighted by molar-refractivity contribution is -0.129. The van der Waals surface area contributed by atoms with Gasteiger partial charge in [0.25, 0.3) is 0 Å². The van der Waals surface area contributed by atoms with Gasteiger partial charge in [-0.05, 0) is 27.2 Å². The van der Waals surface area contributed by atoms with Crippen molar-refractivity contribution in [2.45, 2.75) is 45.3 Å². The molecule has 0 heterocycles. The van der Waals surface area contributed by atoms with Crippen molar-refractivity contribution in [2.75, 3.05) is 14.2 Å². The molecule has 1 unspecified atom stereocenters. The molecule has 0 aliphatic heterocycles. The Morgan fingerprint density at radius 3 is 2.31 bits per heavy atom. The third kappa shape index (κ3) is 5.01. The summed E-state index contributed by atoms with van der Waals surface area (Å²) < 4.78 is 10.1. The molecule has 0 aromatic rings. The maximum atomic E-state index is 11.4. The standard InChI is InChI=1S/C10H20O3/c1-8(12-4)9(11)6-7-10(2,3)13-5/h8H,6-7H2,1-5H3. The van der Waals surface area contributed by atoms with Crippen LogP contribution in [-0.2, 0) is 14.3 Å². The van der Waals surface area contributed by atoms with Crippen molar-refractivity contribution in [1.29, 1.82) is 0 Å². The van der Waals surface area contributed by atoms with Crippen LogP contribution in [-0.4, -0.2) is 31.7 Å². The highest BCUT2D eigenvalue weighted by atomic mass is 16.5. The molecule has 0 rings (SSSR count). The van der Waals surface area contributed by atoms with Gasteiger partial charge in [-0.3, -0.25) is 4.79 Å². The second kappa shape index (κ2) is 5.35. The maximum absolute atomic E-state index is 11.4. The molecule has 0 spiro atoms. The molecule has 0 N–H and O–H groups in total. The van der Waals surface area contributed by atoms with Crippen LogP contribution in [0.15, 0.2) is 0 Å². The fourth-order valence-electron chi connectivity index (χ4n) is 0.861. The third-order valence-electron chi connectivity index (χ3n) is 2.33. The number of ketones is 1. The van der Waals surface area contributed by atoms with Gasteiger partial charge in [0.15, 0.2) is 5.78 Å². The third-order valence-corrected chi connectivity index (χ3v) is 2.33. The van der Waals surface area contributed by atoms with Gasteiger partial charge in [0.05, 0.1) is 5.60 Å². The summed E-state index contributed by atoms with van der Waals surface area (Å²) >= 11 is 0. The first kappa shape index (κ1) is 12.6. The van der Waals surface area contributed by atoms with Crippen LogP contribution in [0, 0.1) is 0 Å². The summed E-state index contributed by atoms with van der Waals surface area (Å²) in [5.74, 6) is 0.132. The van der Waals surface area contributed by atoms with Crippen molar-refractivity contribution >= 4 is 5.78 Å². The minimum absolute atomic E-state index is 0.132. The predicted octanol–water partition coefficient (Wildman–Crippen LogP) is 1.80. The van der Waals surface area contributed by atoms with Gasteiger partial charge < -0.3 is 9.47 Å². The number of rotatable bonds is 6. The average Bonchev–Trinajstić information content (AvgIpc) is 2.13. The number of Topliss-reactive ketones (excluding diaryl/α,β-unsaturated/α-hetero) is 1. The summed E-state index contributed by atoms with van der Waals surface area (Å²) in [6.07, 6.45) is 0.943. The van der Waals surface area contributed by atoms with Crippen LogP contribution in [0.3, 0.4) is 0 Å². The molecule has 0 aromatic carbocycles. The zero-order valence-electron chi connectivity index (χ0n) is 9.22. The first-order valence-corrected chi connectivity index (χ1v) is 4.53. The zero-order valence-corrected chi connectivity index (χ0v) is 9.22. The van der Waals surface area contributed by atoms with Crippen molar-refractivity contribution < 1.29 is 14.3 Å². The van der Waals surface area contributed by atoms with Crippen molar-refractivity contribution in [3.8, 4) is 0 Å². The second-order valence-corrected chi connectivity index (χ2v) is 3.81. The second-order valence-electron chi connectivity index (χ2n) is 3.81. The summed E-state index contributed by atoms with van der Waals surface area (Å²) in [5.41, 5.74) is -0.219. The first-order chi connectivity index (χ1) is 5.93. The molecule has 0 bridgehead atoms. The van der Waals surface area contributed by atoms with Gasteiger partial charge in [0, 0.05) is 20.6 Å². The van der Waals surface area contributed by atoms with Crippen molar-refractivity contribution in [3.63, 3.8) is 0 Å². The average molecular weight is 188 g/mol. The summed E-state index contributed by atoms with van der Waals surface area (Å²) in [5, 5.41) is 0. The SMILES string of the molecule is COC(C)C(=O)CCC(C)(C)OC. The molecule has 3 nitrogen and oxygen atoms in total. The molecule has 78 valence electrons. The molecule has 0 fully saturated rings. The Hall–Kier alpha value is -0.410. The highest BCUT2D eigenvalue weighted by Crippen LogP contribution is 2.16. The summed E-state index contributed by atoms with van der Waals surface area (Å²) in [6.45, 7) is 5.71. The number of hydrogen-bond donors (Lipinski definition) is 0. The summed E-state index contributed by atoms with van der Waals surface area (Å²) in [7, 11) is 3.20. The Morgan fingerprint density at radius 1 is 1.38 bits per heavy atom. The lowest BCUT2D eigenvalue weighted by atomic mass is 9.99. The van der Waals surface area contributed by atoms with E-state index in [0.717, 1.165) is 6.42 Å². The van der Waals surface area contributed by atoms with E-state index in [0.29, 0.717) is 6.42 Å². The van der Waals surface area contributed by atoms with E-state index in [-0.39, 0.29) is 17.5 Å². The van der Waals surface area contributed by atoms with Crippen LogP contribution in [0.1, 0.15) is 33.6 Å². The number of carbonyl (C=O) groups is 1. The number of carbonyl (C=O) groups excluding carboxylic acids is 1. The molecule has 0 aliphatic rings. The van der Waals surface area contributed by atoms with Crippen molar-refractivity contribution in [3.05, 3.63) is 0 Å². The van der Waals surface area contributed by atoms with E-state index in [1.165, 1.54) is 0 Å². The van der Waals surface area contributed by atoms with Gasteiger partial charge in [-0.25, -0.2) is 0 Å². The number of hydrogen-bond acceptors (Lipinski definition) is 3. The van der Waals surface area contributed by atoms with Gasteiger partial charge in [0.1, 0.15) is 6.10 Å². The maximum Gasteiger partial charge on any atom is 0.161 e. The number of ether oxygens (including phenoxy) is 2. The Bertz CT molecular complexity index is 164. The lowest BCUT2D eigenvalue weighted by Crippen LogP contribution is -2.26. The Labute approximate surface area is 80.4 Å². The van der Waals surface area contributed by atoms with E-state index in [1.807, 2.05) is 13.8 Å². The van der Waals surface area contributed by atoms with E-state index in [1.54, 1.807) is 21.1 Å². The highest BCUT2D eigenvalue weighted by Gasteiger charge is 2.20. The molecular weight excluding hydrogens is 168 g/mol. The predicted molar refractivity (Wildman–Crippen MR) is 51.8 cm³/mol. The van der Waals surface area contributed by atoms with Crippen molar-refractivity contribution in [1.82, 2.24) is 0 Å². The molecule has 13 heavy (non-hydrogen) atoms. The highest BCUT2D eigenvalue weighted by molar-refractivity contribution is 5.82. The van der Waals surface area contributed by atoms with Crippen LogP contribution in [0.5, 0.6) is 0 Å². The quantitative estimate of drug-likeness (QED) is 0.637. The molecule has 3 heteroatoms. The smallest absolute Gasteiger partial charge is 0.161 e. The zero-order chi connectivity index (χ0) is 10.5. The largest absolute Gasteiger partial charge is 0.379 e. The van der Waals surface area contributed by atoms with Gasteiger partial charge in [-0.2, -0.15) is 0 Å². The topological polar surface area (TPSA) is 35.5 Å². The van der Waals surface area contributed by atoms with Crippen molar-refractivity contribution in [2.24, 2.45) is 0 Å². The molecule has 1 atom stereocenters. The van der Waals surface area contributed by atoms with E-state index in [2.05, 4.69) is 0 Å². The van der Waals surface area contributed by atoms with E-state index >= 15 is 0 Å². The molecule has 0 aliphatic carbocycles. The number of methoxy groups -OCH3 is 2. The summed E-state index contributed by atoms with van der Waals surface area (Å²) in [4.78, 5) is 11.4. The Morgan fingerprint density at radius 2 is 1.92 bits per heavy atom. The minimum atomic E-state index is -0.298. The summed E-state index contributed by atoms with van der Waals surface area (Å²) in [6, 6.07) is 0. The van der Waals surface area contributed by atoms with Gasteiger partial charge in [-0.15, -0.1) is 0 Å². The molecular formula is C10H20O3. The first-order valence-electron chi connectivity index (χ1n) is 4.53. The Balaban J connectivity index is 3.83. The normalized spacial score (nSPS) is 14.2. The monoisotopic (exact) mass is 188 g/mol. The Kier molecular flexibility index (Phi) is 5.18. The molecule has 0 saturated heterocycles. The minimum Gasteiger partial charge on any atom is -0.379 e. The lowest BCUT2D eigenvalue weighted by Gasteiger charge is -2.22. The van der Waals surface area contributed by atoms with E-state index in [9.17, 15) is 4.79 Å². The molecule has 0 saturated carbocycles. The molecule has 0 amide bonds. The van der Waals surface area contributed by atoms with E-state index < -0.39 is 0 Å². The van der Waals surface area contributed by atoms with Crippen LogP contribution in [0.2, 0.25) is 0 Å². The van der Waals surface area contributed by atoms with Crippen LogP contribution in [0.25, 0.3) is 0 Å². The van der Waals surface area contributed by atoms with Crippen LogP contribution < -0.4 is 0 Å². The van der Waals surface area contributed by atoms with Gasteiger partial charge in [0.2, 0.25) is 0 Å². The fourth-order valence-corrected chi connectivity index (χ4v) is 0.861. The van der Waals surface area contributed by atoms with Crippen LogP contribution in [0.4, 0.5) is 0 Å². The van der Waals surface area contributed by atoms with E-state index in [4.69, 9.17) is 9.47 Å². The fraction of sp³-hybridized carbons (Fsp3) is 0.900. The van der Waals surface area contributed by atoms with Crippen LogP contribution >= 0.6 is 0 Å². The molecule has 0 radical (unpaired) electrons. The molecule has 0 aromatic heterocycles. The van der Waals surface area contributed by atoms with Gasteiger partial charge >= 0.3 is 0 Å². The van der Waals surface area contributed by atoms with Gasteiger partial charge in [-0.1, -0.05) is 0 Å².